The fourth-order valence-corrected chi connectivity index (χ4v) is 5.88. The molecule has 0 bridgehead atoms. The molecule has 0 radical (unpaired) electrons. The standard InChI is InChI=1S/C21H23BrN2O2S/c22-19-11-10-16(27-19)13-23-20(25)18-12-15-8-4-5-9-17(15)24(18)21(26)14-6-2-1-3-7-14/h1-3,6-7,10-11,15,17-18H,4-5,8-9,12-13H2,(H,23,25). The zero-order valence-corrected chi connectivity index (χ0v) is 17.5. The predicted octanol–water partition coefficient (Wildman–Crippen LogP) is 4.60. The largest absolute Gasteiger partial charge is 0.349 e. The van der Waals surface area contributed by atoms with E-state index in [-0.39, 0.29) is 23.9 Å². The highest BCUT2D eigenvalue weighted by atomic mass is 79.9. The van der Waals surface area contributed by atoms with Gasteiger partial charge in [-0.25, -0.2) is 0 Å². The Kier molecular flexibility index (Phi) is 5.64. The van der Waals surface area contributed by atoms with Crippen molar-refractivity contribution in [2.75, 3.05) is 0 Å². The molecule has 1 saturated heterocycles. The number of halogens is 1. The average molecular weight is 447 g/mol. The topological polar surface area (TPSA) is 49.4 Å². The minimum atomic E-state index is -0.366. The third kappa shape index (κ3) is 3.97. The van der Waals surface area contributed by atoms with Crippen molar-refractivity contribution in [1.29, 1.82) is 0 Å². The van der Waals surface area contributed by atoms with Crippen LogP contribution in [0.15, 0.2) is 46.3 Å². The van der Waals surface area contributed by atoms with Gasteiger partial charge >= 0.3 is 0 Å². The molecule has 1 aromatic heterocycles. The van der Waals surface area contributed by atoms with Crippen LogP contribution in [0.2, 0.25) is 0 Å². The molecule has 2 amide bonds. The van der Waals surface area contributed by atoms with E-state index in [0.717, 1.165) is 34.3 Å². The number of hydrogen-bond acceptors (Lipinski definition) is 3. The molecule has 1 aliphatic heterocycles. The molecule has 3 atom stereocenters. The molecule has 3 unspecified atom stereocenters. The number of fused-ring (bicyclic) bond motifs is 1. The minimum absolute atomic E-state index is 0.0102. The van der Waals surface area contributed by atoms with Crippen LogP contribution in [0.4, 0.5) is 0 Å². The molecule has 1 N–H and O–H groups in total. The molecule has 142 valence electrons. The molecular formula is C21H23BrN2O2S. The summed E-state index contributed by atoms with van der Waals surface area (Å²) >= 11 is 5.07. The number of hydrogen-bond donors (Lipinski definition) is 1. The van der Waals surface area contributed by atoms with Gasteiger partial charge in [0.25, 0.3) is 5.91 Å². The number of thiophene rings is 1. The maximum Gasteiger partial charge on any atom is 0.254 e. The van der Waals surface area contributed by atoms with E-state index >= 15 is 0 Å². The quantitative estimate of drug-likeness (QED) is 0.745. The molecule has 4 rings (SSSR count). The van der Waals surface area contributed by atoms with Crippen molar-refractivity contribution in [1.82, 2.24) is 10.2 Å². The van der Waals surface area contributed by atoms with E-state index in [2.05, 4.69) is 21.2 Å². The SMILES string of the molecule is O=C(NCc1ccc(Br)s1)C1CC2CCCCC2N1C(=O)c1ccccc1. The summed E-state index contributed by atoms with van der Waals surface area (Å²) in [6.07, 6.45) is 5.24. The van der Waals surface area contributed by atoms with Gasteiger partial charge in [0.1, 0.15) is 6.04 Å². The second kappa shape index (κ2) is 8.15. The van der Waals surface area contributed by atoms with Crippen molar-refractivity contribution in [2.45, 2.75) is 50.7 Å². The Bertz CT molecular complexity index is 823. The minimum Gasteiger partial charge on any atom is -0.349 e. The first-order chi connectivity index (χ1) is 13.1. The lowest BCUT2D eigenvalue weighted by Gasteiger charge is -2.33. The van der Waals surface area contributed by atoms with Gasteiger partial charge < -0.3 is 10.2 Å². The molecule has 0 spiro atoms. The van der Waals surface area contributed by atoms with E-state index in [0.29, 0.717) is 18.0 Å². The number of nitrogens with one attached hydrogen (secondary N) is 1. The first kappa shape index (κ1) is 18.7. The van der Waals surface area contributed by atoms with Gasteiger partial charge in [-0.3, -0.25) is 9.59 Å². The number of benzene rings is 1. The van der Waals surface area contributed by atoms with Gasteiger partial charge in [0, 0.05) is 16.5 Å². The number of likely N-dealkylation sites (tertiary alicyclic amines) is 1. The number of carbonyl (C=O) groups excluding carboxylic acids is 2. The first-order valence-corrected chi connectivity index (χ1v) is 11.1. The number of nitrogens with zero attached hydrogens (tertiary/aromatic N) is 1. The molecule has 6 heteroatoms. The third-order valence-corrected chi connectivity index (χ3v) is 7.34. The van der Waals surface area contributed by atoms with Crippen molar-refractivity contribution in [3.8, 4) is 0 Å². The normalized spacial score (nSPS) is 24.5. The first-order valence-electron chi connectivity index (χ1n) is 9.53. The zero-order chi connectivity index (χ0) is 18.8. The Balaban J connectivity index is 1.53. The van der Waals surface area contributed by atoms with Gasteiger partial charge in [0.15, 0.2) is 0 Å². The van der Waals surface area contributed by atoms with Gasteiger partial charge in [-0.1, -0.05) is 31.0 Å². The molecule has 27 heavy (non-hydrogen) atoms. The molecule has 2 aliphatic rings. The summed E-state index contributed by atoms with van der Waals surface area (Å²) in [5.74, 6) is 0.403. The van der Waals surface area contributed by atoms with E-state index in [1.165, 1.54) is 6.42 Å². The van der Waals surface area contributed by atoms with Crippen LogP contribution in [-0.2, 0) is 11.3 Å². The fraction of sp³-hybridized carbons (Fsp3) is 0.429. The molecule has 4 nitrogen and oxygen atoms in total. The highest BCUT2D eigenvalue weighted by Gasteiger charge is 2.47. The summed E-state index contributed by atoms with van der Waals surface area (Å²) in [4.78, 5) is 29.2. The molecule has 2 heterocycles. The van der Waals surface area contributed by atoms with Crippen LogP contribution in [0.5, 0.6) is 0 Å². The monoisotopic (exact) mass is 446 g/mol. The molecule has 1 aliphatic carbocycles. The Morgan fingerprint density at radius 3 is 2.63 bits per heavy atom. The van der Waals surface area contributed by atoms with Gasteiger partial charge in [-0.05, 0) is 65.4 Å². The maximum absolute atomic E-state index is 13.2. The number of rotatable bonds is 4. The number of amides is 2. The summed E-state index contributed by atoms with van der Waals surface area (Å²) in [5.41, 5.74) is 0.670. The van der Waals surface area contributed by atoms with Crippen molar-refractivity contribution < 1.29 is 9.59 Å². The summed E-state index contributed by atoms with van der Waals surface area (Å²) in [6.45, 7) is 0.508. The highest BCUT2D eigenvalue weighted by Crippen LogP contribution is 2.40. The summed E-state index contributed by atoms with van der Waals surface area (Å²) in [6, 6.07) is 13.2. The molecule has 1 saturated carbocycles. The summed E-state index contributed by atoms with van der Waals surface area (Å²) in [5, 5.41) is 3.06. The molecular weight excluding hydrogens is 424 g/mol. The van der Waals surface area contributed by atoms with Crippen LogP contribution in [0.25, 0.3) is 0 Å². The second-order valence-electron chi connectivity index (χ2n) is 7.37. The van der Waals surface area contributed by atoms with Crippen molar-refractivity contribution in [3.63, 3.8) is 0 Å². The number of carbonyl (C=O) groups is 2. The lowest BCUT2D eigenvalue weighted by molar-refractivity contribution is -0.125. The lowest BCUT2D eigenvalue weighted by Crippen LogP contribution is -2.49. The summed E-state index contributed by atoms with van der Waals surface area (Å²) in [7, 11) is 0. The van der Waals surface area contributed by atoms with Crippen LogP contribution in [0, 0.1) is 5.92 Å². The Morgan fingerprint density at radius 2 is 1.89 bits per heavy atom. The van der Waals surface area contributed by atoms with Gasteiger partial charge in [0.05, 0.1) is 10.3 Å². The van der Waals surface area contributed by atoms with Crippen LogP contribution in [-0.4, -0.2) is 28.8 Å². The van der Waals surface area contributed by atoms with Crippen LogP contribution < -0.4 is 5.32 Å². The van der Waals surface area contributed by atoms with Gasteiger partial charge in [-0.2, -0.15) is 0 Å². The van der Waals surface area contributed by atoms with E-state index in [1.54, 1.807) is 11.3 Å². The maximum atomic E-state index is 13.2. The van der Waals surface area contributed by atoms with E-state index in [4.69, 9.17) is 0 Å². The van der Waals surface area contributed by atoms with Crippen molar-refractivity contribution in [2.24, 2.45) is 5.92 Å². The van der Waals surface area contributed by atoms with Gasteiger partial charge in [-0.15, -0.1) is 11.3 Å². The lowest BCUT2D eigenvalue weighted by atomic mass is 9.84. The summed E-state index contributed by atoms with van der Waals surface area (Å²) < 4.78 is 1.06. The zero-order valence-electron chi connectivity index (χ0n) is 15.1. The van der Waals surface area contributed by atoms with E-state index in [1.807, 2.05) is 47.4 Å². The third-order valence-electron chi connectivity index (χ3n) is 5.71. The van der Waals surface area contributed by atoms with Crippen molar-refractivity contribution >= 4 is 39.1 Å². The molecule has 1 aromatic carbocycles. The second-order valence-corrected chi connectivity index (χ2v) is 9.91. The van der Waals surface area contributed by atoms with E-state index < -0.39 is 0 Å². The van der Waals surface area contributed by atoms with Gasteiger partial charge in [0.2, 0.25) is 5.91 Å². The molecule has 2 aromatic rings. The van der Waals surface area contributed by atoms with Crippen LogP contribution in [0.3, 0.4) is 0 Å². The Labute approximate surface area is 172 Å². The van der Waals surface area contributed by atoms with Crippen molar-refractivity contribution in [3.05, 3.63) is 56.7 Å². The Morgan fingerprint density at radius 1 is 1.11 bits per heavy atom. The van der Waals surface area contributed by atoms with E-state index in [9.17, 15) is 9.59 Å². The smallest absolute Gasteiger partial charge is 0.254 e. The van der Waals surface area contributed by atoms with Crippen LogP contribution >= 0.6 is 27.3 Å². The predicted molar refractivity (Wildman–Crippen MR) is 111 cm³/mol. The average Bonchev–Trinajstić information content (AvgIpc) is 3.29. The van der Waals surface area contributed by atoms with Crippen LogP contribution in [0.1, 0.15) is 47.3 Å². The fourth-order valence-electron chi connectivity index (χ4n) is 4.45. The Hall–Kier alpha value is -1.66. The highest BCUT2D eigenvalue weighted by molar-refractivity contribution is 9.11. The molecule has 2 fully saturated rings.